The highest BCUT2D eigenvalue weighted by Gasteiger charge is 2.08. The van der Waals surface area contributed by atoms with Gasteiger partial charge in [-0.05, 0) is 20.1 Å². The van der Waals surface area contributed by atoms with E-state index in [0.717, 1.165) is 17.0 Å². The molecule has 74 valence electrons. The van der Waals surface area contributed by atoms with Crippen LogP contribution in [0.3, 0.4) is 0 Å². The molecule has 1 aromatic heterocycles. The van der Waals surface area contributed by atoms with Gasteiger partial charge in [-0.1, -0.05) is 34.6 Å². The summed E-state index contributed by atoms with van der Waals surface area (Å²) < 4.78 is 4.25. The predicted molar refractivity (Wildman–Crippen MR) is 69.4 cm³/mol. The number of nitrogens with one attached hydrogen (secondary N) is 1. The first-order chi connectivity index (χ1) is 6.68. The summed E-state index contributed by atoms with van der Waals surface area (Å²) in [4.78, 5) is 15.0. The van der Waals surface area contributed by atoms with Gasteiger partial charge in [0, 0.05) is 11.8 Å². The number of halogens is 1. The molecule has 0 aromatic carbocycles. The molecule has 2 rings (SSSR count). The van der Waals surface area contributed by atoms with E-state index in [-0.39, 0.29) is 26.2 Å². The van der Waals surface area contributed by atoms with E-state index in [0.29, 0.717) is 5.92 Å². The summed E-state index contributed by atoms with van der Waals surface area (Å²) in [6.07, 6.45) is 2.04. The zero-order valence-corrected chi connectivity index (χ0v) is 10.3. The monoisotopic (exact) mass is 301 g/mol. The van der Waals surface area contributed by atoms with Crippen LogP contribution in [-0.2, 0) is 0 Å². The van der Waals surface area contributed by atoms with Crippen molar-refractivity contribution in [2.24, 2.45) is 0 Å². The first-order valence-corrected chi connectivity index (χ1v) is 7.06. The summed E-state index contributed by atoms with van der Waals surface area (Å²) in [5.41, 5.74) is 3.02. The Balaban J connectivity index is 2.65. The van der Waals surface area contributed by atoms with Gasteiger partial charge in [-0.3, -0.25) is 4.79 Å². The maximum atomic E-state index is 11.7. The van der Waals surface area contributed by atoms with Gasteiger partial charge in [0.1, 0.15) is 0 Å². The van der Waals surface area contributed by atoms with Crippen LogP contribution in [-0.4, -0.2) is 9.00 Å². The zero-order chi connectivity index (χ0) is 10.1. The molecule has 14 heavy (non-hydrogen) atoms. The van der Waals surface area contributed by atoms with Crippen molar-refractivity contribution >= 4 is 30.8 Å². The Kier molecular flexibility index (Phi) is 2.67. The lowest BCUT2D eigenvalue weighted by Crippen LogP contribution is -2.14. The van der Waals surface area contributed by atoms with E-state index in [9.17, 15) is 4.79 Å². The molecule has 0 saturated heterocycles. The molecule has 0 atom stereocenters. The Hall–Kier alpha value is -0.710. The number of fused-ring (bicyclic) bond motifs is 1. The molecule has 2 nitrogen and oxygen atoms in total. The van der Waals surface area contributed by atoms with Crippen LogP contribution in [0.5, 0.6) is 0 Å². The Morgan fingerprint density at radius 1 is 1.43 bits per heavy atom. The van der Waals surface area contributed by atoms with Gasteiger partial charge < -0.3 is 4.98 Å². The van der Waals surface area contributed by atoms with E-state index in [4.69, 9.17) is 0 Å². The van der Waals surface area contributed by atoms with Crippen molar-refractivity contribution in [2.45, 2.75) is 19.8 Å². The number of hydrogen-bond acceptors (Lipinski definition) is 1. The van der Waals surface area contributed by atoms with Crippen molar-refractivity contribution in [3.05, 3.63) is 37.3 Å². The standard InChI is InChI=1S/C11H12INO/c1-7(2)10-5-11(14)8-6-12-4-3-9(8)13-10/h3-7H,1-2H3,(H,13,14). The molecule has 1 aliphatic rings. The van der Waals surface area contributed by atoms with Crippen LogP contribution in [0.4, 0.5) is 0 Å². The second kappa shape index (κ2) is 3.81. The van der Waals surface area contributed by atoms with E-state index < -0.39 is 0 Å². The van der Waals surface area contributed by atoms with Crippen molar-refractivity contribution in [1.82, 2.24) is 4.98 Å². The first kappa shape index (κ1) is 9.83. The third kappa shape index (κ3) is 1.73. The number of hydrogen-bond donors (Lipinski definition) is 1. The summed E-state index contributed by atoms with van der Waals surface area (Å²) in [6, 6.07) is 1.73. The average molecular weight is 301 g/mol. The lowest BCUT2D eigenvalue weighted by molar-refractivity contribution is 0.818. The maximum Gasteiger partial charge on any atom is 0.190 e. The van der Waals surface area contributed by atoms with Gasteiger partial charge in [0.15, 0.2) is 5.43 Å². The smallest absolute Gasteiger partial charge is 0.190 e. The van der Waals surface area contributed by atoms with Gasteiger partial charge in [0.05, 0.1) is 11.3 Å². The highest BCUT2D eigenvalue weighted by atomic mass is 127. The third-order valence-electron chi connectivity index (χ3n) is 2.22. The normalized spacial score (nSPS) is 13.9. The van der Waals surface area contributed by atoms with Crippen molar-refractivity contribution in [3.63, 3.8) is 0 Å². The first-order valence-electron chi connectivity index (χ1n) is 4.57. The lowest BCUT2D eigenvalue weighted by atomic mass is 10.1. The molecule has 0 aliphatic carbocycles. The van der Waals surface area contributed by atoms with Crippen LogP contribution in [0, 0.1) is 0 Å². The summed E-state index contributed by atoms with van der Waals surface area (Å²) in [5, 5.41) is 0. The van der Waals surface area contributed by atoms with Crippen molar-refractivity contribution in [3.8, 4) is 0 Å². The summed E-state index contributed by atoms with van der Waals surface area (Å²) in [7, 11) is 0. The number of pyridine rings is 1. The van der Waals surface area contributed by atoms with Crippen molar-refractivity contribution in [2.75, 3.05) is 0 Å². The van der Waals surface area contributed by atoms with E-state index in [1.54, 1.807) is 6.07 Å². The Morgan fingerprint density at radius 3 is 2.93 bits per heavy atom. The number of H-pyrrole nitrogens is 1. The highest BCUT2D eigenvalue weighted by Crippen LogP contribution is 2.17. The summed E-state index contributed by atoms with van der Waals surface area (Å²) >= 11 is -0.0423. The predicted octanol–water partition coefficient (Wildman–Crippen LogP) is 2.60. The van der Waals surface area contributed by atoms with E-state index in [1.807, 2.05) is 6.08 Å². The minimum absolute atomic E-state index is 0.0423. The van der Waals surface area contributed by atoms with Crippen molar-refractivity contribution < 1.29 is 0 Å². The van der Waals surface area contributed by atoms with Gasteiger partial charge in [0.2, 0.25) is 0 Å². The topological polar surface area (TPSA) is 32.9 Å². The van der Waals surface area contributed by atoms with E-state index in [2.05, 4.69) is 26.9 Å². The molecule has 3 heteroatoms. The fourth-order valence-electron chi connectivity index (χ4n) is 1.36. The third-order valence-corrected chi connectivity index (χ3v) is 3.97. The Labute approximate surface area is 92.8 Å². The molecule has 2 heterocycles. The van der Waals surface area contributed by atoms with Crippen LogP contribution >= 0.6 is 20.7 Å². The molecule has 0 radical (unpaired) electrons. The SMILES string of the molecule is CC(C)c1cc(=O)c2c([nH]1)C=CI=C2. The fraction of sp³-hybridized carbons (Fsp3) is 0.273. The minimum atomic E-state index is -0.0423. The molecule has 0 fully saturated rings. The molecule has 1 N–H and O–H groups in total. The zero-order valence-electron chi connectivity index (χ0n) is 8.17. The van der Waals surface area contributed by atoms with Gasteiger partial charge >= 0.3 is 0 Å². The van der Waals surface area contributed by atoms with Crippen molar-refractivity contribution in [1.29, 1.82) is 0 Å². The molecule has 1 aromatic rings. The summed E-state index contributed by atoms with van der Waals surface area (Å²) in [6.45, 7) is 4.17. The molecule has 0 bridgehead atoms. The van der Waals surface area contributed by atoms with Crippen LogP contribution in [0.15, 0.2) is 14.9 Å². The molecular weight excluding hydrogens is 289 g/mol. The lowest BCUT2D eigenvalue weighted by Gasteiger charge is -2.10. The van der Waals surface area contributed by atoms with E-state index in [1.165, 1.54) is 0 Å². The van der Waals surface area contributed by atoms with Gasteiger partial charge in [-0.15, -0.1) is 0 Å². The van der Waals surface area contributed by atoms with E-state index >= 15 is 0 Å². The Morgan fingerprint density at radius 2 is 2.21 bits per heavy atom. The van der Waals surface area contributed by atoms with Crippen LogP contribution < -0.4 is 5.43 Å². The van der Waals surface area contributed by atoms with Crippen LogP contribution in [0.1, 0.15) is 36.7 Å². The number of rotatable bonds is 1. The molecule has 0 unspecified atom stereocenters. The fourth-order valence-corrected chi connectivity index (χ4v) is 3.14. The second-order valence-electron chi connectivity index (χ2n) is 3.60. The van der Waals surface area contributed by atoms with Gasteiger partial charge in [-0.25, -0.2) is 0 Å². The molecule has 0 saturated carbocycles. The maximum absolute atomic E-state index is 11.7. The number of aromatic nitrogens is 1. The van der Waals surface area contributed by atoms with Crippen LogP contribution in [0.25, 0.3) is 6.08 Å². The molecular formula is C11H12INO. The Bertz CT molecular complexity index is 469. The molecule has 0 amide bonds. The van der Waals surface area contributed by atoms with Crippen LogP contribution in [0.2, 0.25) is 0 Å². The summed E-state index contributed by atoms with van der Waals surface area (Å²) in [5.74, 6) is 0.373. The van der Waals surface area contributed by atoms with Gasteiger partial charge in [0.25, 0.3) is 0 Å². The molecule has 1 aliphatic heterocycles. The largest absolute Gasteiger partial charge is 0.358 e. The minimum Gasteiger partial charge on any atom is -0.358 e. The quantitative estimate of drug-likeness (QED) is 0.795. The molecule has 0 spiro atoms. The second-order valence-corrected chi connectivity index (χ2v) is 5.66. The highest BCUT2D eigenvalue weighted by molar-refractivity contribution is 14.2. The average Bonchev–Trinajstić information content (AvgIpc) is 2.17. The van der Waals surface area contributed by atoms with Gasteiger partial charge in [-0.2, -0.15) is 0 Å². The number of aromatic amines is 1.